The van der Waals surface area contributed by atoms with Crippen molar-refractivity contribution in [2.24, 2.45) is 0 Å². The van der Waals surface area contributed by atoms with Gasteiger partial charge in [-0.1, -0.05) is 25.1 Å². The maximum absolute atomic E-state index is 11.9. The molecule has 0 saturated carbocycles. The van der Waals surface area contributed by atoms with Crippen molar-refractivity contribution in [1.29, 1.82) is 0 Å². The Morgan fingerprint density at radius 3 is 2.85 bits per heavy atom. The fourth-order valence-corrected chi connectivity index (χ4v) is 3.95. The summed E-state index contributed by atoms with van der Waals surface area (Å²) in [7, 11) is 0. The lowest BCUT2D eigenvalue weighted by Gasteiger charge is -2.07. The summed E-state index contributed by atoms with van der Waals surface area (Å²) >= 11 is 3.10. The van der Waals surface area contributed by atoms with E-state index in [1.165, 1.54) is 11.3 Å². The summed E-state index contributed by atoms with van der Waals surface area (Å²) in [5.41, 5.74) is 2.48. The summed E-state index contributed by atoms with van der Waals surface area (Å²) in [5.74, 6) is -0.824. The van der Waals surface area contributed by atoms with Crippen molar-refractivity contribution in [1.82, 2.24) is 4.98 Å². The molecule has 3 aromatic rings. The lowest BCUT2D eigenvalue weighted by atomic mass is 10.1. The number of anilines is 1. The van der Waals surface area contributed by atoms with Crippen LogP contribution < -0.4 is 5.32 Å². The Morgan fingerprint density at radius 1 is 1.19 bits per heavy atom. The molecular formula is C19H18N2O3S2. The second kappa shape index (κ2) is 8.73. The van der Waals surface area contributed by atoms with Gasteiger partial charge in [0, 0.05) is 11.1 Å². The van der Waals surface area contributed by atoms with Crippen LogP contribution in [0.4, 0.5) is 5.69 Å². The lowest BCUT2D eigenvalue weighted by Crippen LogP contribution is -2.21. The zero-order valence-corrected chi connectivity index (χ0v) is 15.9. The number of carbonyl (C=O) groups is 2. The van der Waals surface area contributed by atoms with Gasteiger partial charge in [-0.15, -0.1) is 22.7 Å². The largest absolute Gasteiger partial charge is 0.455 e. The monoisotopic (exact) mass is 386 g/mol. The van der Waals surface area contributed by atoms with Crippen LogP contribution in [-0.4, -0.2) is 23.5 Å². The van der Waals surface area contributed by atoms with E-state index >= 15 is 0 Å². The van der Waals surface area contributed by atoms with Gasteiger partial charge >= 0.3 is 5.97 Å². The molecule has 5 nitrogen and oxygen atoms in total. The molecule has 0 aliphatic carbocycles. The van der Waals surface area contributed by atoms with E-state index in [1.54, 1.807) is 17.4 Å². The van der Waals surface area contributed by atoms with Gasteiger partial charge in [0.1, 0.15) is 5.01 Å². The number of amides is 1. The molecule has 0 spiro atoms. The average Bonchev–Trinajstić information content (AvgIpc) is 3.31. The SMILES string of the molecule is CCc1cccc(NC(=O)COC(=O)Cc2csc(-c3cccs3)n2)c1. The van der Waals surface area contributed by atoms with Crippen LogP contribution in [0, 0.1) is 0 Å². The first kappa shape index (κ1) is 18.3. The standard InChI is InChI=1S/C19H18N2O3S2/c1-2-13-5-3-6-14(9-13)20-17(22)11-24-18(23)10-15-12-26-19(21-15)16-7-4-8-25-16/h3-9,12H,2,10-11H2,1H3,(H,20,22). The molecule has 3 rings (SSSR count). The van der Waals surface area contributed by atoms with E-state index in [0.717, 1.165) is 21.9 Å². The highest BCUT2D eigenvalue weighted by Gasteiger charge is 2.12. The number of nitrogens with one attached hydrogen (secondary N) is 1. The van der Waals surface area contributed by atoms with Gasteiger partial charge in [-0.05, 0) is 35.6 Å². The quantitative estimate of drug-likeness (QED) is 0.619. The molecule has 0 radical (unpaired) electrons. The molecule has 0 aliphatic heterocycles. The van der Waals surface area contributed by atoms with Crippen molar-refractivity contribution in [2.75, 3.05) is 11.9 Å². The molecule has 1 aromatic carbocycles. The number of ether oxygens (including phenoxy) is 1. The predicted molar refractivity (Wildman–Crippen MR) is 105 cm³/mol. The van der Waals surface area contributed by atoms with Crippen LogP contribution in [0.25, 0.3) is 9.88 Å². The highest BCUT2D eigenvalue weighted by molar-refractivity contribution is 7.20. The molecule has 0 atom stereocenters. The van der Waals surface area contributed by atoms with E-state index in [2.05, 4.69) is 10.3 Å². The van der Waals surface area contributed by atoms with Crippen molar-refractivity contribution in [3.05, 3.63) is 58.4 Å². The number of hydrogen-bond acceptors (Lipinski definition) is 6. The van der Waals surface area contributed by atoms with Crippen molar-refractivity contribution in [3.8, 4) is 9.88 Å². The van der Waals surface area contributed by atoms with Crippen LogP contribution >= 0.6 is 22.7 Å². The second-order valence-electron chi connectivity index (χ2n) is 5.56. The van der Waals surface area contributed by atoms with E-state index < -0.39 is 5.97 Å². The highest BCUT2D eigenvalue weighted by Crippen LogP contribution is 2.27. The molecule has 0 fully saturated rings. The summed E-state index contributed by atoms with van der Waals surface area (Å²) in [6.07, 6.45) is 0.945. The minimum absolute atomic E-state index is 0.0560. The van der Waals surface area contributed by atoms with Gasteiger partial charge in [-0.25, -0.2) is 4.98 Å². The lowest BCUT2D eigenvalue weighted by molar-refractivity contribution is -0.146. The molecule has 0 saturated heterocycles. The summed E-state index contributed by atoms with van der Waals surface area (Å²) in [4.78, 5) is 29.4. The van der Waals surface area contributed by atoms with Crippen LogP contribution in [0.15, 0.2) is 47.2 Å². The Hall–Kier alpha value is -2.51. The number of aryl methyl sites for hydroxylation is 1. The van der Waals surface area contributed by atoms with Gasteiger partial charge in [-0.2, -0.15) is 0 Å². The smallest absolute Gasteiger partial charge is 0.312 e. The molecule has 134 valence electrons. The number of benzene rings is 1. The molecule has 26 heavy (non-hydrogen) atoms. The van der Waals surface area contributed by atoms with Gasteiger partial charge < -0.3 is 10.1 Å². The van der Waals surface area contributed by atoms with Crippen LogP contribution in [0.1, 0.15) is 18.2 Å². The van der Waals surface area contributed by atoms with Gasteiger partial charge in [0.05, 0.1) is 17.0 Å². The first-order valence-electron chi connectivity index (χ1n) is 8.16. The highest BCUT2D eigenvalue weighted by atomic mass is 32.1. The molecule has 2 aromatic heterocycles. The molecule has 0 unspecified atom stereocenters. The summed E-state index contributed by atoms with van der Waals surface area (Å²) in [6.45, 7) is 1.74. The van der Waals surface area contributed by atoms with E-state index in [-0.39, 0.29) is 18.9 Å². The fraction of sp³-hybridized carbons (Fsp3) is 0.211. The van der Waals surface area contributed by atoms with Crippen LogP contribution in [0.5, 0.6) is 0 Å². The van der Waals surface area contributed by atoms with E-state index in [0.29, 0.717) is 11.4 Å². The van der Waals surface area contributed by atoms with Gasteiger partial charge in [0.2, 0.25) is 0 Å². The zero-order chi connectivity index (χ0) is 18.4. The minimum Gasteiger partial charge on any atom is -0.455 e. The van der Waals surface area contributed by atoms with Crippen molar-refractivity contribution in [3.63, 3.8) is 0 Å². The molecule has 0 aliphatic rings. The van der Waals surface area contributed by atoms with Gasteiger partial charge in [-0.3, -0.25) is 9.59 Å². The number of carbonyl (C=O) groups excluding carboxylic acids is 2. The van der Waals surface area contributed by atoms with Crippen molar-refractivity contribution < 1.29 is 14.3 Å². The maximum Gasteiger partial charge on any atom is 0.312 e. The number of thiazole rings is 1. The second-order valence-corrected chi connectivity index (χ2v) is 7.37. The molecule has 1 amide bonds. The molecule has 0 bridgehead atoms. The van der Waals surface area contributed by atoms with Crippen LogP contribution in [-0.2, 0) is 27.2 Å². The number of aromatic nitrogens is 1. The Balaban J connectivity index is 1.47. The maximum atomic E-state index is 11.9. The van der Waals surface area contributed by atoms with E-state index in [1.807, 2.05) is 48.0 Å². The Kier molecular flexibility index (Phi) is 6.14. The average molecular weight is 386 g/mol. The number of nitrogens with zero attached hydrogens (tertiary/aromatic N) is 1. The normalized spacial score (nSPS) is 10.5. The first-order valence-corrected chi connectivity index (χ1v) is 9.92. The third-order valence-electron chi connectivity index (χ3n) is 3.59. The minimum atomic E-state index is -0.467. The number of thiophene rings is 1. The molecule has 1 N–H and O–H groups in total. The Bertz CT molecular complexity index is 888. The van der Waals surface area contributed by atoms with Crippen LogP contribution in [0.2, 0.25) is 0 Å². The Morgan fingerprint density at radius 2 is 2.08 bits per heavy atom. The van der Waals surface area contributed by atoms with Crippen molar-refractivity contribution >= 4 is 40.2 Å². The fourth-order valence-electron chi connectivity index (χ4n) is 2.31. The third-order valence-corrected chi connectivity index (χ3v) is 5.52. The number of esters is 1. The predicted octanol–water partition coefficient (Wildman–Crippen LogP) is 4.16. The molecule has 7 heteroatoms. The number of hydrogen-bond donors (Lipinski definition) is 1. The summed E-state index contributed by atoms with van der Waals surface area (Å²) in [6, 6.07) is 11.5. The number of rotatable bonds is 7. The van der Waals surface area contributed by atoms with E-state index in [4.69, 9.17) is 4.74 Å². The molecule has 2 heterocycles. The first-order chi connectivity index (χ1) is 12.6. The van der Waals surface area contributed by atoms with Gasteiger partial charge in [0.25, 0.3) is 5.91 Å². The Labute approximate surface area is 159 Å². The van der Waals surface area contributed by atoms with Crippen LogP contribution in [0.3, 0.4) is 0 Å². The van der Waals surface area contributed by atoms with Gasteiger partial charge in [0.15, 0.2) is 6.61 Å². The molecular weight excluding hydrogens is 368 g/mol. The van der Waals surface area contributed by atoms with E-state index in [9.17, 15) is 9.59 Å². The summed E-state index contributed by atoms with van der Waals surface area (Å²) in [5, 5.41) is 7.44. The topological polar surface area (TPSA) is 68.3 Å². The zero-order valence-electron chi connectivity index (χ0n) is 14.2. The summed E-state index contributed by atoms with van der Waals surface area (Å²) < 4.78 is 5.05. The third kappa shape index (κ3) is 5.00. The van der Waals surface area contributed by atoms with Crippen molar-refractivity contribution in [2.45, 2.75) is 19.8 Å².